The molecule has 0 spiro atoms. The lowest BCUT2D eigenvalue weighted by molar-refractivity contribution is -0.141. The van der Waals surface area contributed by atoms with Crippen LogP contribution in [0.5, 0.6) is 0 Å². The number of nitrogens with zero attached hydrogens (tertiary/aromatic N) is 3. The fourth-order valence-corrected chi connectivity index (χ4v) is 3.74. The fourth-order valence-electron chi connectivity index (χ4n) is 2.70. The molecule has 0 aliphatic carbocycles. The van der Waals surface area contributed by atoms with Gasteiger partial charge in [0, 0.05) is 44.2 Å². The molecule has 2 rings (SSSR count). The van der Waals surface area contributed by atoms with Gasteiger partial charge in [-0.1, -0.05) is 6.92 Å². The molecule has 0 saturated carbocycles. The number of carboxylic acids is 1. The lowest BCUT2D eigenvalue weighted by Gasteiger charge is -2.40. The van der Waals surface area contributed by atoms with Crippen LogP contribution in [0.4, 0.5) is 4.79 Å². The Bertz CT molecular complexity index is 359. The monoisotopic (exact) mass is 301 g/mol. The van der Waals surface area contributed by atoms with Gasteiger partial charge in [0.25, 0.3) is 0 Å². The van der Waals surface area contributed by atoms with Crippen molar-refractivity contribution < 1.29 is 14.7 Å². The van der Waals surface area contributed by atoms with Crippen LogP contribution in [0.3, 0.4) is 0 Å². The average Bonchev–Trinajstić information content (AvgIpc) is 2.47. The number of carbonyl (C=O) groups excluding carboxylic acids is 1. The van der Waals surface area contributed by atoms with Crippen LogP contribution in [0.25, 0.3) is 0 Å². The van der Waals surface area contributed by atoms with Crippen molar-refractivity contribution >= 4 is 23.8 Å². The largest absolute Gasteiger partial charge is 0.480 e. The Balaban J connectivity index is 1.92. The predicted molar refractivity (Wildman–Crippen MR) is 79.2 cm³/mol. The highest BCUT2D eigenvalue weighted by Crippen LogP contribution is 2.19. The zero-order valence-electron chi connectivity index (χ0n) is 12.0. The number of aliphatic carboxylic acids is 1. The van der Waals surface area contributed by atoms with Gasteiger partial charge >= 0.3 is 12.0 Å². The molecule has 114 valence electrons. The van der Waals surface area contributed by atoms with E-state index in [1.54, 1.807) is 16.7 Å². The Morgan fingerprint density at radius 2 is 1.90 bits per heavy atom. The van der Waals surface area contributed by atoms with E-state index < -0.39 is 12.0 Å². The van der Waals surface area contributed by atoms with Gasteiger partial charge in [0.05, 0.1) is 0 Å². The molecule has 0 bridgehead atoms. The number of urea groups is 1. The highest BCUT2D eigenvalue weighted by Gasteiger charge is 2.35. The first-order valence-electron chi connectivity index (χ1n) is 7.22. The third kappa shape index (κ3) is 3.58. The molecule has 2 amide bonds. The van der Waals surface area contributed by atoms with Gasteiger partial charge in [-0.3, -0.25) is 4.90 Å². The Hall–Kier alpha value is -0.950. The maximum atomic E-state index is 12.5. The second kappa shape index (κ2) is 7.17. The van der Waals surface area contributed by atoms with Crippen LogP contribution in [0.15, 0.2) is 0 Å². The molecule has 1 N–H and O–H groups in total. The summed E-state index contributed by atoms with van der Waals surface area (Å²) in [7, 11) is 0. The first kappa shape index (κ1) is 15.4. The Labute approximate surface area is 124 Å². The molecule has 0 aromatic heterocycles. The summed E-state index contributed by atoms with van der Waals surface area (Å²) in [5.41, 5.74) is 0. The van der Waals surface area contributed by atoms with E-state index >= 15 is 0 Å². The summed E-state index contributed by atoms with van der Waals surface area (Å²) in [6.07, 6.45) is 1.12. The van der Waals surface area contributed by atoms with Crippen molar-refractivity contribution in [2.24, 2.45) is 0 Å². The van der Waals surface area contributed by atoms with Gasteiger partial charge < -0.3 is 14.9 Å². The summed E-state index contributed by atoms with van der Waals surface area (Å²) in [5, 5.41) is 9.23. The van der Waals surface area contributed by atoms with Gasteiger partial charge in [0.1, 0.15) is 6.04 Å². The number of amides is 2. The lowest BCUT2D eigenvalue weighted by Crippen LogP contribution is -2.58. The standard InChI is InChI=1S/C13H23N3O3S/c1-2-3-14-4-6-15(7-5-14)13(19)16-8-9-20-10-11(16)12(17)18/h11H,2-10H2,1H3,(H,17,18). The van der Waals surface area contributed by atoms with Crippen molar-refractivity contribution in [1.29, 1.82) is 0 Å². The third-order valence-corrected chi connectivity index (χ3v) is 4.86. The highest BCUT2D eigenvalue weighted by molar-refractivity contribution is 7.99. The Morgan fingerprint density at radius 3 is 2.50 bits per heavy atom. The zero-order valence-corrected chi connectivity index (χ0v) is 12.8. The number of carbonyl (C=O) groups is 2. The summed E-state index contributed by atoms with van der Waals surface area (Å²) < 4.78 is 0. The van der Waals surface area contributed by atoms with Crippen LogP contribution in [0.2, 0.25) is 0 Å². The summed E-state index contributed by atoms with van der Waals surface area (Å²) in [6, 6.07) is -0.774. The fraction of sp³-hybridized carbons (Fsp3) is 0.846. The van der Waals surface area contributed by atoms with Crippen molar-refractivity contribution in [3.8, 4) is 0 Å². The van der Waals surface area contributed by atoms with E-state index in [1.165, 1.54) is 4.90 Å². The highest BCUT2D eigenvalue weighted by atomic mass is 32.2. The topological polar surface area (TPSA) is 64.1 Å². The van der Waals surface area contributed by atoms with E-state index in [9.17, 15) is 14.7 Å². The number of rotatable bonds is 3. The van der Waals surface area contributed by atoms with Crippen LogP contribution < -0.4 is 0 Å². The normalized spacial score (nSPS) is 24.8. The molecule has 2 heterocycles. The van der Waals surface area contributed by atoms with E-state index in [1.807, 2.05) is 0 Å². The molecule has 0 radical (unpaired) electrons. The molecule has 0 aromatic rings. The molecule has 0 aromatic carbocycles. The molecule has 2 aliphatic rings. The minimum atomic E-state index is -0.893. The lowest BCUT2D eigenvalue weighted by atomic mass is 10.2. The van der Waals surface area contributed by atoms with Gasteiger partial charge in [-0.05, 0) is 13.0 Å². The van der Waals surface area contributed by atoms with Crippen molar-refractivity contribution in [2.75, 3.05) is 50.8 Å². The molecule has 1 unspecified atom stereocenters. The van der Waals surface area contributed by atoms with Gasteiger partial charge in [-0.15, -0.1) is 0 Å². The molecule has 7 heteroatoms. The van der Waals surface area contributed by atoms with E-state index in [0.717, 1.165) is 31.8 Å². The third-order valence-electron chi connectivity index (χ3n) is 3.84. The number of carboxylic acid groups (broad SMARTS) is 1. The van der Waals surface area contributed by atoms with E-state index in [-0.39, 0.29) is 6.03 Å². The van der Waals surface area contributed by atoms with Gasteiger partial charge in [0.2, 0.25) is 0 Å². The molecule has 2 aliphatic heterocycles. The van der Waals surface area contributed by atoms with E-state index in [0.29, 0.717) is 25.4 Å². The number of thioether (sulfide) groups is 1. The Kier molecular flexibility index (Phi) is 5.54. The molecule has 2 saturated heterocycles. The molecule has 6 nitrogen and oxygen atoms in total. The second-order valence-electron chi connectivity index (χ2n) is 5.23. The summed E-state index contributed by atoms with van der Waals surface area (Å²) >= 11 is 1.60. The van der Waals surface area contributed by atoms with Crippen LogP contribution in [-0.2, 0) is 4.79 Å². The number of hydrogen-bond acceptors (Lipinski definition) is 4. The van der Waals surface area contributed by atoms with Crippen LogP contribution in [0, 0.1) is 0 Å². The second-order valence-corrected chi connectivity index (χ2v) is 6.38. The predicted octanol–water partition coefficient (Wildman–Crippen LogP) is 0.636. The average molecular weight is 301 g/mol. The maximum Gasteiger partial charge on any atom is 0.327 e. The summed E-state index contributed by atoms with van der Waals surface area (Å²) in [5.74, 6) is 0.428. The molecular formula is C13H23N3O3S. The van der Waals surface area contributed by atoms with Gasteiger partial charge in [-0.2, -0.15) is 11.8 Å². The van der Waals surface area contributed by atoms with Gasteiger partial charge in [-0.25, -0.2) is 9.59 Å². The van der Waals surface area contributed by atoms with Crippen molar-refractivity contribution in [3.63, 3.8) is 0 Å². The summed E-state index contributed by atoms with van der Waals surface area (Å²) in [4.78, 5) is 29.4. The molecule has 20 heavy (non-hydrogen) atoms. The number of hydrogen-bond donors (Lipinski definition) is 1. The molecule has 1 atom stereocenters. The van der Waals surface area contributed by atoms with E-state index in [2.05, 4.69) is 11.8 Å². The summed E-state index contributed by atoms with van der Waals surface area (Å²) in [6.45, 7) is 6.94. The van der Waals surface area contributed by atoms with Crippen molar-refractivity contribution in [2.45, 2.75) is 19.4 Å². The SMILES string of the molecule is CCCN1CCN(C(=O)N2CCSCC2C(=O)O)CC1. The van der Waals surface area contributed by atoms with E-state index in [4.69, 9.17) is 0 Å². The molecular weight excluding hydrogens is 278 g/mol. The first-order valence-corrected chi connectivity index (χ1v) is 8.37. The maximum absolute atomic E-state index is 12.5. The minimum Gasteiger partial charge on any atom is -0.480 e. The van der Waals surface area contributed by atoms with Crippen molar-refractivity contribution in [1.82, 2.24) is 14.7 Å². The smallest absolute Gasteiger partial charge is 0.327 e. The first-order chi connectivity index (χ1) is 9.63. The zero-order chi connectivity index (χ0) is 14.5. The van der Waals surface area contributed by atoms with Crippen LogP contribution >= 0.6 is 11.8 Å². The molecule has 2 fully saturated rings. The van der Waals surface area contributed by atoms with Gasteiger partial charge in [0.15, 0.2) is 0 Å². The van der Waals surface area contributed by atoms with Crippen LogP contribution in [0.1, 0.15) is 13.3 Å². The van der Waals surface area contributed by atoms with Crippen LogP contribution in [-0.4, -0.2) is 88.6 Å². The Morgan fingerprint density at radius 1 is 1.20 bits per heavy atom. The number of piperazine rings is 1. The minimum absolute atomic E-state index is 0.103. The quantitative estimate of drug-likeness (QED) is 0.828. The van der Waals surface area contributed by atoms with Crippen molar-refractivity contribution in [3.05, 3.63) is 0 Å².